The van der Waals surface area contributed by atoms with E-state index in [1.807, 2.05) is 0 Å². The maximum Gasteiger partial charge on any atom is 0.160 e. The number of halogens is 4. The number of hydrogen-bond donors (Lipinski definition) is 0. The highest BCUT2D eigenvalue weighted by Gasteiger charge is 2.48. The van der Waals surface area contributed by atoms with E-state index in [1.165, 1.54) is 6.42 Å². The van der Waals surface area contributed by atoms with Crippen LogP contribution < -0.4 is 0 Å². The van der Waals surface area contributed by atoms with Crippen molar-refractivity contribution in [1.29, 1.82) is 0 Å². The van der Waals surface area contributed by atoms with Crippen molar-refractivity contribution >= 4 is 23.2 Å². The van der Waals surface area contributed by atoms with Crippen LogP contribution in [0.4, 0.5) is 8.78 Å². The molecule has 2 aliphatic carbocycles. The molecule has 0 radical (unpaired) electrons. The van der Waals surface area contributed by atoms with Crippen molar-refractivity contribution < 1.29 is 8.78 Å². The molecule has 2 fully saturated rings. The van der Waals surface area contributed by atoms with Gasteiger partial charge in [0.15, 0.2) is 11.6 Å². The quantitative estimate of drug-likeness (QED) is 0.530. The summed E-state index contributed by atoms with van der Waals surface area (Å²) in [6.07, 6.45) is 3.49. The highest BCUT2D eigenvalue weighted by molar-refractivity contribution is 6.32. The summed E-state index contributed by atoms with van der Waals surface area (Å²) in [6, 6.07) is 2.15. The standard InChI is InChI=1S/C13H12Cl2F2/c14-10-5-12(17)11(16)4-9(10)13(15)8-2-6-1-7(6)3-8/h4-8,13H,1-3H2. The van der Waals surface area contributed by atoms with Crippen LogP contribution in [0.2, 0.25) is 5.02 Å². The zero-order valence-corrected chi connectivity index (χ0v) is 10.6. The highest BCUT2D eigenvalue weighted by Crippen LogP contribution is 2.58. The second kappa shape index (κ2) is 4.10. The molecule has 0 aliphatic heterocycles. The second-order valence-electron chi connectivity index (χ2n) is 5.18. The summed E-state index contributed by atoms with van der Waals surface area (Å²) in [6.45, 7) is 0. The summed E-state index contributed by atoms with van der Waals surface area (Å²) in [5.74, 6) is 0.175. The summed E-state index contributed by atoms with van der Waals surface area (Å²) < 4.78 is 26.2. The summed E-state index contributed by atoms with van der Waals surface area (Å²) in [5.41, 5.74) is 0.526. The lowest BCUT2D eigenvalue weighted by Gasteiger charge is -2.20. The molecule has 0 nitrogen and oxygen atoms in total. The van der Waals surface area contributed by atoms with E-state index in [4.69, 9.17) is 23.2 Å². The van der Waals surface area contributed by atoms with Gasteiger partial charge in [0, 0.05) is 5.02 Å². The lowest BCUT2D eigenvalue weighted by molar-refractivity contribution is 0.465. The molecular weight excluding hydrogens is 265 g/mol. The molecular formula is C13H12Cl2F2. The van der Waals surface area contributed by atoms with Crippen LogP contribution in [0.25, 0.3) is 0 Å². The molecule has 0 saturated heterocycles. The maximum atomic E-state index is 13.2. The number of hydrogen-bond acceptors (Lipinski definition) is 0. The van der Waals surface area contributed by atoms with Gasteiger partial charge in [-0.1, -0.05) is 11.6 Å². The van der Waals surface area contributed by atoms with Gasteiger partial charge in [-0.25, -0.2) is 8.78 Å². The van der Waals surface area contributed by atoms with Crippen molar-refractivity contribution in [3.05, 3.63) is 34.4 Å². The first kappa shape index (κ1) is 11.7. The third kappa shape index (κ3) is 2.06. The fourth-order valence-corrected chi connectivity index (χ4v) is 3.71. The molecule has 92 valence electrons. The highest BCUT2D eigenvalue weighted by atomic mass is 35.5. The van der Waals surface area contributed by atoms with E-state index in [0.29, 0.717) is 11.5 Å². The minimum absolute atomic E-state index is 0.226. The Morgan fingerprint density at radius 2 is 1.65 bits per heavy atom. The zero-order chi connectivity index (χ0) is 12.2. The van der Waals surface area contributed by atoms with Gasteiger partial charge >= 0.3 is 0 Å². The largest absolute Gasteiger partial charge is 0.204 e. The van der Waals surface area contributed by atoms with Gasteiger partial charge in [-0.2, -0.15) is 0 Å². The Morgan fingerprint density at radius 3 is 2.29 bits per heavy atom. The van der Waals surface area contributed by atoms with Crippen LogP contribution in [-0.2, 0) is 0 Å². The second-order valence-corrected chi connectivity index (χ2v) is 6.05. The van der Waals surface area contributed by atoms with Crippen molar-refractivity contribution in [3.63, 3.8) is 0 Å². The van der Waals surface area contributed by atoms with Crippen molar-refractivity contribution in [1.82, 2.24) is 0 Å². The molecule has 1 aromatic carbocycles. The Balaban J connectivity index is 1.85. The van der Waals surface area contributed by atoms with Crippen LogP contribution in [0, 0.1) is 29.4 Å². The van der Waals surface area contributed by atoms with Crippen LogP contribution in [0.15, 0.2) is 12.1 Å². The van der Waals surface area contributed by atoms with Gasteiger partial charge in [0.2, 0.25) is 0 Å². The molecule has 2 aliphatic rings. The predicted octanol–water partition coefficient (Wildman–Crippen LogP) is 4.94. The Labute approximate surface area is 109 Å². The Bertz CT molecular complexity index is 451. The van der Waals surface area contributed by atoms with Gasteiger partial charge in [0.1, 0.15) is 0 Å². The van der Waals surface area contributed by atoms with E-state index in [2.05, 4.69) is 0 Å². The minimum Gasteiger partial charge on any atom is -0.204 e. The first-order valence-corrected chi connectivity index (χ1v) is 6.66. The molecule has 4 heteroatoms. The van der Waals surface area contributed by atoms with E-state index in [0.717, 1.165) is 36.8 Å². The maximum absolute atomic E-state index is 13.2. The molecule has 0 N–H and O–H groups in total. The molecule has 3 atom stereocenters. The van der Waals surface area contributed by atoms with Gasteiger partial charge < -0.3 is 0 Å². The normalized spacial score (nSPS) is 32.4. The molecule has 3 unspecified atom stereocenters. The average molecular weight is 277 g/mol. The van der Waals surface area contributed by atoms with Crippen LogP contribution in [0.5, 0.6) is 0 Å². The third-order valence-corrected chi connectivity index (χ3v) is 4.95. The van der Waals surface area contributed by atoms with E-state index in [9.17, 15) is 8.78 Å². The van der Waals surface area contributed by atoms with Crippen LogP contribution in [0.1, 0.15) is 30.2 Å². The fourth-order valence-electron chi connectivity index (χ4n) is 3.00. The number of rotatable bonds is 2. The van der Waals surface area contributed by atoms with Crippen LogP contribution in [0.3, 0.4) is 0 Å². The molecule has 0 bridgehead atoms. The van der Waals surface area contributed by atoms with Gasteiger partial charge in [0.25, 0.3) is 0 Å². The topological polar surface area (TPSA) is 0 Å². The Kier molecular flexibility index (Phi) is 2.83. The zero-order valence-electron chi connectivity index (χ0n) is 9.10. The first-order chi connectivity index (χ1) is 8.06. The minimum atomic E-state index is -0.920. The summed E-state index contributed by atoms with van der Waals surface area (Å²) in [5, 5.41) is -0.0742. The number of benzene rings is 1. The van der Waals surface area contributed by atoms with Crippen molar-refractivity contribution in [3.8, 4) is 0 Å². The summed E-state index contributed by atoms with van der Waals surface area (Å²) in [4.78, 5) is 0. The Morgan fingerprint density at radius 1 is 1.06 bits per heavy atom. The smallest absolute Gasteiger partial charge is 0.160 e. The third-order valence-electron chi connectivity index (χ3n) is 4.03. The monoisotopic (exact) mass is 276 g/mol. The van der Waals surface area contributed by atoms with Crippen LogP contribution in [-0.4, -0.2) is 0 Å². The van der Waals surface area contributed by atoms with Gasteiger partial charge in [0.05, 0.1) is 5.38 Å². The van der Waals surface area contributed by atoms with E-state index < -0.39 is 11.6 Å². The van der Waals surface area contributed by atoms with E-state index >= 15 is 0 Å². The molecule has 0 heterocycles. The predicted molar refractivity (Wildman–Crippen MR) is 64.3 cm³/mol. The molecule has 2 saturated carbocycles. The Hall–Kier alpha value is -0.340. The molecule has 0 aromatic heterocycles. The molecule has 17 heavy (non-hydrogen) atoms. The lowest BCUT2D eigenvalue weighted by Crippen LogP contribution is -2.07. The van der Waals surface area contributed by atoms with E-state index in [-0.39, 0.29) is 10.4 Å². The van der Waals surface area contributed by atoms with E-state index in [1.54, 1.807) is 0 Å². The molecule has 0 spiro atoms. The van der Waals surface area contributed by atoms with Gasteiger partial charge in [-0.05, 0) is 54.7 Å². The van der Waals surface area contributed by atoms with Crippen LogP contribution >= 0.6 is 23.2 Å². The van der Waals surface area contributed by atoms with Crippen molar-refractivity contribution in [2.45, 2.75) is 24.6 Å². The van der Waals surface area contributed by atoms with Gasteiger partial charge in [-0.3, -0.25) is 0 Å². The average Bonchev–Trinajstić information content (AvgIpc) is 2.90. The molecule has 3 rings (SSSR count). The lowest BCUT2D eigenvalue weighted by atomic mass is 9.94. The molecule has 1 aromatic rings. The molecule has 0 amide bonds. The number of alkyl halides is 1. The summed E-state index contributed by atoms with van der Waals surface area (Å²) >= 11 is 12.3. The van der Waals surface area contributed by atoms with Crippen molar-refractivity contribution in [2.75, 3.05) is 0 Å². The number of fused-ring (bicyclic) bond motifs is 1. The first-order valence-electron chi connectivity index (χ1n) is 5.84. The van der Waals surface area contributed by atoms with Gasteiger partial charge in [-0.15, -0.1) is 11.6 Å². The van der Waals surface area contributed by atoms with Crippen molar-refractivity contribution in [2.24, 2.45) is 17.8 Å². The fraction of sp³-hybridized carbons (Fsp3) is 0.538. The summed E-state index contributed by atoms with van der Waals surface area (Å²) in [7, 11) is 0. The SMILES string of the molecule is Fc1cc(Cl)c(C(Cl)C2CC3CC3C2)cc1F.